The molecule has 24 heavy (non-hydrogen) atoms. The van der Waals surface area contributed by atoms with Crippen molar-refractivity contribution < 1.29 is 8.42 Å². The molecule has 0 N–H and O–H groups in total. The number of rotatable bonds is 4. The van der Waals surface area contributed by atoms with E-state index in [1.807, 2.05) is 37.3 Å². The van der Waals surface area contributed by atoms with Gasteiger partial charge in [-0.3, -0.25) is 0 Å². The van der Waals surface area contributed by atoms with E-state index in [1.54, 1.807) is 16.4 Å². The second kappa shape index (κ2) is 6.69. The highest BCUT2D eigenvalue weighted by Gasteiger charge is 2.39. The van der Waals surface area contributed by atoms with Crippen molar-refractivity contribution in [2.45, 2.75) is 31.6 Å². The molecule has 1 fully saturated rings. The van der Waals surface area contributed by atoms with E-state index in [9.17, 15) is 8.42 Å². The van der Waals surface area contributed by atoms with E-state index in [0.29, 0.717) is 35.7 Å². The summed E-state index contributed by atoms with van der Waals surface area (Å²) >= 11 is 0. The van der Waals surface area contributed by atoms with Crippen molar-refractivity contribution in [1.82, 2.24) is 4.31 Å². The van der Waals surface area contributed by atoms with Crippen LogP contribution in [0.25, 0.3) is 0 Å². The molecule has 0 aliphatic carbocycles. The van der Waals surface area contributed by atoms with E-state index >= 15 is 0 Å². The molecule has 2 aromatic carbocycles. The summed E-state index contributed by atoms with van der Waals surface area (Å²) in [5.41, 5.74) is 2.35. The van der Waals surface area contributed by atoms with Gasteiger partial charge in [-0.25, -0.2) is 8.42 Å². The number of nitrogens with zero attached hydrogens (tertiary/aromatic N) is 1. The van der Waals surface area contributed by atoms with Crippen LogP contribution in [-0.4, -0.2) is 25.8 Å². The fourth-order valence-corrected chi connectivity index (χ4v) is 5.23. The van der Waals surface area contributed by atoms with Gasteiger partial charge in [0.15, 0.2) is 0 Å². The minimum absolute atomic E-state index is 0.340. The van der Waals surface area contributed by atoms with Gasteiger partial charge in [-0.2, -0.15) is 4.31 Å². The van der Waals surface area contributed by atoms with E-state index in [2.05, 4.69) is 26.0 Å². The highest BCUT2D eigenvalue weighted by molar-refractivity contribution is 7.89. The quantitative estimate of drug-likeness (QED) is 0.840. The van der Waals surface area contributed by atoms with Gasteiger partial charge in [0.05, 0.1) is 4.90 Å². The van der Waals surface area contributed by atoms with E-state index in [0.717, 1.165) is 5.56 Å². The molecule has 0 aromatic heterocycles. The number of aryl methyl sites for hydroxylation is 1. The average molecular weight is 343 g/mol. The Morgan fingerprint density at radius 2 is 1.62 bits per heavy atom. The van der Waals surface area contributed by atoms with Crippen molar-refractivity contribution in [2.75, 3.05) is 13.1 Å². The monoisotopic (exact) mass is 343 g/mol. The first-order chi connectivity index (χ1) is 11.4. The average Bonchev–Trinajstić information content (AvgIpc) is 2.98. The fourth-order valence-electron chi connectivity index (χ4n) is 3.66. The minimum Gasteiger partial charge on any atom is -0.207 e. The van der Waals surface area contributed by atoms with Crippen molar-refractivity contribution in [1.29, 1.82) is 0 Å². The normalized spacial score (nSPS) is 23.3. The lowest BCUT2D eigenvalue weighted by molar-refractivity contribution is 0.386. The second-order valence-electron chi connectivity index (χ2n) is 6.98. The molecule has 3 atom stereocenters. The van der Waals surface area contributed by atoms with Crippen LogP contribution in [0.1, 0.15) is 30.9 Å². The largest absolute Gasteiger partial charge is 0.243 e. The van der Waals surface area contributed by atoms with Crippen LogP contribution in [0.2, 0.25) is 0 Å². The van der Waals surface area contributed by atoms with Crippen LogP contribution in [0.5, 0.6) is 0 Å². The third-order valence-electron chi connectivity index (χ3n) is 5.26. The van der Waals surface area contributed by atoms with Crippen LogP contribution in [0, 0.1) is 18.8 Å². The number of hydrogen-bond donors (Lipinski definition) is 0. The molecule has 0 radical (unpaired) electrons. The number of benzene rings is 2. The van der Waals surface area contributed by atoms with Gasteiger partial charge < -0.3 is 0 Å². The molecule has 1 aliphatic heterocycles. The first kappa shape index (κ1) is 17.2. The van der Waals surface area contributed by atoms with Crippen molar-refractivity contribution in [3.63, 3.8) is 0 Å². The molecule has 1 aliphatic rings. The van der Waals surface area contributed by atoms with Gasteiger partial charge in [0, 0.05) is 13.1 Å². The van der Waals surface area contributed by atoms with Gasteiger partial charge in [0.25, 0.3) is 0 Å². The Hall–Kier alpha value is -1.65. The number of hydrogen-bond acceptors (Lipinski definition) is 2. The van der Waals surface area contributed by atoms with Gasteiger partial charge in [0.1, 0.15) is 0 Å². The maximum atomic E-state index is 12.9. The highest BCUT2D eigenvalue weighted by atomic mass is 32.2. The van der Waals surface area contributed by atoms with Crippen LogP contribution in [-0.2, 0) is 10.0 Å². The minimum atomic E-state index is -3.40. The molecule has 128 valence electrons. The van der Waals surface area contributed by atoms with Crippen molar-refractivity contribution in [2.24, 2.45) is 11.8 Å². The summed E-state index contributed by atoms with van der Waals surface area (Å²) in [4.78, 5) is 0.397. The van der Waals surface area contributed by atoms with Gasteiger partial charge in [0.2, 0.25) is 10.0 Å². The third-order valence-corrected chi connectivity index (χ3v) is 7.11. The molecule has 1 heterocycles. The molecule has 1 unspecified atom stereocenters. The Morgan fingerprint density at radius 1 is 1.00 bits per heavy atom. The van der Waals surface area contributed by atoms with Crippen molar-refractivity contribution in [3.05, 3.63) is 65.7 Å². The van der Waals surface area contributed by atoms with Crippen LogP contribution < -0.4 is 0 Å². The maximum Gasteiger partial charge on any atom is 0.243 e. The van der Waals surface area contributed by atoms with Crippen LogP contribution in [0.3, 0.4) is 0 Å². The zero-order valence-electron chi connectivity index (χ0n) is 14.5. The summed E-state index contributed by atoms with van der Waals surface area (Å²) in [7, 11) is -3.40. The highest BCUT2D eigenvalue weighted by Crippen LogP contribution is 2.37. The van der Waals surface area contributed by atoms with Gasteiger partial charge in [-0.1, -0.05) is 61.9 Å². The Bertz CT molecular complexity index is 784. The van der Waals surface area contributed by atoms with Gasteiger partial charge >= 0.3 is 0 Å². The maximum absolute atomic E-state index is 12.9. The standard InChI is InChI=1S/C20H25NO2S/c1-15-9-11-19(12-10-15)24(22,23)21-13-16(2)20(14-21)17(3)18-7-5-4-6-8-18/h4-12,16-17,20H,13-14H2,1-3H3/t16-,17-,20?/m1/s1. The Labute approximate surface area is 145 Å². The summed E-state index contributed by atoms with van der Waals surface area (Å²) in [6, 6.07) is 17.5. The zero-order chi connectivity index (χ0) is 17.3. The Kier molecular flexibility index (Phi) is 4.79. The lowest BCUT2D eigenvalue weighted by Crippen LogP contribution is -2.29. The Balaban J connectivity index is 1.81. The summed E-state index contributed by atoms with van der Waals surface area (Å²) in [6.45, 7) is 7.52. The topological polar surface area (TPSA) is 37.4 Å². The van der Waals surface area contributed by atoms with Gasteiger partial charge in [-0.15, -0.1) is 0 Å². The lowest BCUT2D eigenvalue weighted by Gasteiger charge is -2.23. The molecular weight excluding hydrogens is 318 g/mol. The molecule has 3 nitrogen and oxygen atoms in total. The molecule has 0 saturated carbocycles. The molecule has 0 spiro atoms. The summed E-state index contributed by atoms with van der Waals surface area (Å²) in [5, 5.41) is 0. The molecule has 2 aromatic rings. The van der Waals surface area contributed by atoms with Crippen LogP contribution in [0.15, 0.2) is 59.5 Å². The van der Waals surface area contributed by atoms with E-state index in [4.69, 9.17) is 0 Å². The molecule has 4 heteroatoms. The fraction of sp³-hybridized carbons (Fsp3) is 0.400. The molecule has 3 rings (SSSR count). The first-order valence-corrected chi connectivity index (χ1v) is 9.95. The first-order valence-electron chi connectivity index (χ1n) is 8.51. The summed E-state index contributed by atoms with van der Waals surface area (Å²) < 4.78 is 27.5. The van der Waals surface area contributed by atoms with E-state index in [1.165, 1.54) is 5.56 Å². The van der Waals surface area contributed by atoms with Crippen molar-refractivity contribution in [3.8, 4) is 0 Å². The smallest absolute Gasteiger partial charge is 0.207 e. The SMILES string of the molecule is Cc1ccc(S(=O)(=O)N2CC([C@H](C)c3ccccc3)[C@H](C)C2)cc1. The Morgan fingerprint density at radius 3 is 2.25 bits per heavy atom. The van der Waals surface area contributed by atoms with Gasteiger partial charge in [-0.05, 0) is 42.4 Å². The van der Waals surface area contributed by atoms with Crippen molar-refractivity contribution >= 4 is 10.0 Å². The predicted molar refractivity (Wildman–Crippen MR) is 97.4 cm³/mol. The van der Waals surface area contributed by atoms with E-state index in [-0.39, 0.29) is 0 Å². The van der Waals surface area contributed by atoms with Crippen LogP contribution >= 0.6 is 0 Å². The molecule has 1 saturated heterocycles. The van der Waals surface area contributed by atoms with Crippen LogP contribution in [0.4, 0.5) is 0 Å². The summed E-state index contributed by atoms with van der Waals surface area (Å²) in [6.07, 6.45) is 0. The lowest BCUT2D eigenvalue weighted by atomic mass is 9.82. The molecule has 0 bridgehead atoms. The molecule has 0 amide bonds. The predicted octanol–water partition coefficient (Wildman–Crippen LogP) is 4.06. The zero-order valence-corrected chi connectivity index (χ0v) is 15.3. The number of sulfonamides is 1. The second-order valence-corrected chi connectivity index (χ2v) is 8.91. The third kappa shape index (κ3) is 3.26. The molecular formula is C20H25NO2S. The van der Waals surface area contributed by atoms with E-state index < -0.39 is 10.0 Å². The summed E-state index contributed by atoms with van der Waals surface area (Å²) in [5.74, 6) is 1.03.